The molecule has 5 heteroatoms. The third kappa shape index (κ3) is 2.67. The molecule has 1 saturated heterocycles. The lowest BCUT2D eigenvalue weighted by molar-refractivity contribution is 0.496. The van der Waals surface area contributed by atoms with Crippen LogP contribution in [0, 0.1) is 0 Å². The quantitative estimate of drug-likeness (QED) is 0.897. The van der Waals surface area contributed by atoms with Crippen LogP contribution in [0.4, 0.5) is 5.69 Å². The topological polar surface area (TPSA) is 49.4 Å². The third-order valence-corrected chi connectivity index (χ3v) is 5.65. The largest absolute Gasteiger partial charge is 0.378 e. The minimum absolute atomic E-state index is 0.240. The van der Waals surface area contributed by atoms with E-state index in [1.807, 2.05) is 31.1 Å². The van der Waals surface area contributed by atoms with Crippen molar-refractivity contribution in [3.05, 3.63) is 24.3 Å². The maximum absolute atomic E-state index is 12.5. The molecule has 1 N–H and O–H groups in total. The zero-order chi connectivity index (χ0) is 13.2. The summed E-state index contributed by atoms with van der Waals surface area (Å²) in [7, 11) is 0.641. The van der Waals surface area contributed by atoms with Gasteiger partial charge in [0.2, 0.25) is 0 Å². The molecule has 0 atom stereocenters. The van der Waals surface area contributed by atoms with Gasteiger partial charge < -0.3 is 10.2 Å². The highest BCUT2D eigenvalue weighted by Gasteiger charge is 2.28. The van der Waals surface area contributed by atoms with Crippen molar-refractivity contribution in [2.75, 3.05) is 32.1 Å². The van der Waals surface area contributed by atoms with Crippen LogP contribution < -0.4 is 10.2 Å². The van der Waals surface area contributed by atoms with E-state index in [1.54, 1.807) is 12.1 Å². The first kappa shape index (κ1) is 13.4. The number of rotatable bonds is 3. The van der Waals surface area contributed by atoms with Gasteiger partial charge in [-0.1, -0.05) is 6.07 Å². The molecule has 0 aliphatic carbocycles. The molecule has 0 unspecified atom stereocenters. The normalized spacial score (nSPS) is 17.7. The highest BCUT2D eigenvalue weighted by atomic mass is 32.2. The number of nitrogens with one attached hydrogen (secondary N) is 1. The van der Waals surface area contributed by atoms with E-state index in [4.69, 9.17) is 0 Å². The van der Waals surface area contributed by atoms with Gasteiger partial charge in [-0.25, -0.2) is 8.42 Å². The molecular weight excluding hydrogens is 248 g/mol. The SMILES string of the molecule is CN(C)c1cccc(S(=O)(=O)C2CCNCC2)c1. The van der Waals surface area contributed by atoms with Gasteiger partial charge in [-0.2, -0.15) is 0 Å². The first-order valence-electron chi connectivity index (χ1n) is 6.24. The lowest BCUT2D eigenvalue weighted by atomic mass is 10.2. The van der Waals surface area contributed by atoms with Crippen LogP contribution in [-0.2, 0) is 9.84 Å². The van der Waals surface area contributed by atoms with Crippen LogP contribution in [0.5, 0.6) is 0 Å². The molecule has 1 aromatic carbocycles. The Morgan fingerprint density at radius 3 is 2.50 bits per heavy atom. The molecule has 2 rings (SSSR count). The van der Waals surface area contributed by atoms with Gasteiger partial charge in [-0.05, 0) is 44.1 Å². The number of benzene rings is 1. The zero-order valence-electron chi connectivity index (χ0n) is 10.9. The summed E-state index contributed by atoms with van der Waals surface area (Å²) in [5.74, 6) is 0. The van der Waals surface area contributed by atoms with Crippen LogP contribution in [0.3, 0.4) is 0 Å². The first-order chi connectivity index (χ1) is 8.51. The van der Waals surface area contributed by atoms with Crippen LogP contribution in [0.1, 0.15) is 12.8 Å². The Morgan fingerprint density at radius 2 is 1.89 bits per heavy atom. The molecule has 100 valence electrons. The third-order valence-electron chi connectivity index (χ3n) is 3.39. The van der Waals surface area contributed by atoms with Crippen molar-refractivity contribution >= 4 is 15.5 Å². The van der Waals surface area contributed by atoms with Gasteiger partial charge in [-0.15, -0.1) is 0 Å². The summed E-state index contributed by atoms with van der Waals surface area (Å²) >= 11 is 0. The summed E-state index contributed by atoms with van der Waals surface area (Å²) in [6.07, 6.45) is 1.41. The molecule has 0 amide bonds. The van der Waals surface area contributed by atoms with Crippen LogP contribution in [0.15, 0.2) is 29.2 Å². The van der Waals surface area contributed by atoms with E-state index in [-0.39, 0.29) is 5.25 Å². The summed E-state index contributed by atoms with van der Waals surface area (Å²) in [5, 5.41) is 2.96. The highest BCUT2D eigenvalue weighted by Crippen LogP contribution is 2.25. The van der Waals surface area contributed by atoms with Crippen molar-refractivity contribution in [3.8, 4) is 0 Å². The molecule has 0 saturated carbocycles. The fourth-order valence-corrected chi connectivity index (χ4v) is 4.03. The minimum atomic E-state index is -3.18. The Bertz CT molecular complexity index is 505. The molecule has 1 aliphatic heterocycles. The van der Waals surface area contributed by atoms with Crippen molar-refractivity contribution in [1.29, 1.82) is 0 Å². The molecular formula is C13H20N2O2S. The first-order valence-corrected chi connectivity index (χ1v) is 7.78. The highest BCUT2D eigenvalue weighted by molar-refractivity contribution is 7.92. The fourth-order valence-electron chi connectivity index (χ4n) is 2.24. The van der Waals surface area contributed by atoms with Gasteiger partial charge in [0.05, 0.1) is 10.1 Å². The van der Waals surface area contributed by atoms with E-state index in [0.29, 0.717) is 17.7 Å². The second-order valence-electron chi connectivity index (χ2n) is 4.89. The summed E-state index contributed by atoms with van der Waals surface area (Å²) in [5.41, 5.74) is 0.921. The van der Waals surface area contributed by atoms with E-state index in [1.165, 1.54) is 0 Å². The van der Waals surface area contributed by atoms with Crippen molar-refractivity contribution in [2.45, 2.75) is 23.0 Å². The maximum atomic E-state index is 12.5. The van der Waals surface area contributed by atoms with Crippen molar-refractivity contribution < 1.29 is 8.42 Å². The molecule has 18 heavy (non-hydrogen) atoms. The number of sulfone groups is 1. The molecule has 0 spiro atoms. The fraction of sp³-hybridized carbons (Fsp3) is 0.538. The molecule has 0 aromatic heterocycles. The van der Waals surface area contributed by atoms with Gasteiger partial charge >= 0.3 is 0 Å². The maximum Gasteiger partial charge on any atom is 0.181 e. The number of hydrogen-bond donors (Lipinski definition) is 1. The summed E-state index contributed by atoms with van der Waals surface area (Å²) < 4.78 is 25.0. The van der Waals surface area contributed by atoms with Crippen molar-refractivity contribution in [3.63, 3.8) is 0 Å². The summed E-state index contributed by atoms with van der Waals surface area (Å²) in [4.78, 5) is 2.36. The molecule has 1 fully saturated rings. The Labute approximate surface area is 109 Å². The van der Waals surface area contributed by atoms with Gasteiger partial charge in [0.1, 0.15) is 0 Å². The Morgan fingerprint density at radius 1 is 1.22 bits per heavy atom. The molecule has 0 bridgehead atoms. The zero-order valence-corrected chi connectivity index (χ0v) is 11.7. The van der Waals surface area contributed by atoms with E-state index < -0.39 is 9.84 Å². The molecule has 1 aliphatic rings. The van der Waals surface area contributed by atoms with E-state index in [2.05, 4.69) is 5.32 Å². The number of nitrogens with zero attached hydrogens (tertiary/aromatic N) is 1. The minimum Gasteiger partial charge on any atom is -0.378 e. The lowest BCUT2D eigenvalue weighted by Gasteiger charge is -2.23. The van der Waals surface area contributed by atoms with Gasteiger partial charge in [0.25, 0.3) is 0 Å². The standard InChI is InChI=1S/C13H20N2O2S/c1-15(2)11-4-3-5-13(10-11)18(16,17)12-6-8-14-9-7-12/h3-5,10,12,14H,6-9H2,1-2H3. The van der Waals surface area contributed by atoms with E-state index in [0.717, 1.165) is 18.8 Å². The lowest BCUT2D eigenvalue weighted by Crippen LogP contribution is -2.35. The van der Waals surface area contributed by atoms with Crippen molar-refractivity contribution in [2.24, 2.45) is 0 Å². The molecule has 4 nitrogen and oxygen atoms in total. The average Bonchev–Trinajstić information content (AvgIpc) is 2.40. The average molecular weight is 268 g/mol. The van der Waals surface area contributed by atoms with E-state index >= 15 is 0 Å². The van der Waals surface area contributed by atoms with Crippen LogP contribution in [0.2, 0.25) is 0 Å². The predicted octanol–water partition coefficient (Wildman–Crippen LogP) is 1.28. The summed E-state index contributed by atoms with van der Waals surface area (Å²) in [6.45, 7) is 1.58. The molecule has 1 aromatic rings. The monoisotopic (exact) mass is 268 g/mol. The van der Waals surface area contributed by atoms with Crippen LogP contribution in [0.25, 0.3) is 0 Å². The van der Waals surface area contributed by atoms with Gasteiger partial charge in [0.15, 0.2) is 9.84 Å². The second-order valence-corrected chi connectivity index (χ2v) is 7.11. The van der Waals surface area contributed by atoms with Gasteiger partial charge in [-0.3, -0.25) is 0 Å². The Hall–Kier alpha value is -1.07. The van der Waals surface area contributed by atoms with E-state index in [9.17, 15) is 8.42 Å². The second kappa shape index (κ2) is 5.28. The number of piperidine rings is 1. The summed E-state index contributed by atoms with van der Waals surface area (Å²) in [6, 6.07) is 7.19. The van der Waals surface area contributed by atoms with Crippen molar-refractivity contribution in [1.82, 2.24) is 5.32 Å². The number of hydrogen-bond acceptors (Lipinski definition) is 4. The molecule has 0 radical (unpaired) electrons. The van der Waals surface area contributed by atoms with Gasteiger partial charge in [0, 0.05) is 19.8 Å². The smallest absolute Gasteiger partial charge is 0.181 e. The van der Waals surface area contributed by atoms with Crippen LogP contribution in [-0.4, -0.2) is 40.9 Å². The predicted molar refractivity (Wildman–Crippen MR) is 73.8 cm³/mol. The Balaban J connectivity index is 2.31. The van der Waals surface area contributed by atoms with Crippen LogP contribution >= 0.6 is 0 Å². The number of anilines is 1. The molecule has 1 heterocycles. The Kier molecular flexibility index (Phi) is 3.92.